The molecule has 3 aromatic rings. The molecule has 202 valence electrons. The zero-order chi connectivity index (χ0) is 27.0. The van der Waals surface area contributed by atoms with Gasteiger partial charge in [-0.05, 0) is 73.4 Å². The SMILES string of the molecule is Cc1cccc(CN2C(=O)/C(=C\c3ccc(C(=O)NCCCSC4CCCCC4)cc3)Sc3ccccc32)c1. The number of hydrogen-bond donors (Lipinski definition) is 1. The van der Waals surface area contributed by atoms with Crippen LogP contribution in [-0.2, 0) is 11.3 Å². The van der Waals surface area contributed by atoms with Crippen LogP contribution in [0.3, 0.4) is 0 Å². The Morgan fingerprint density at radius 2 is 1.82 bits per heavy atom. The van der Waals surface area contributed by atoms with Crippen LogP contribution in [0.2, 0.25) is 0 Å². The van der Waals surface area contributed by atoms with Gasteiger partial charge in [-0.2, -0.15) is 11.8 Å². The van der Waals surface area contributed by atoms with E-state index in [0.717, 1.165) is 39.1 Å². The van der Waals surface area contributed by atoms with Gasteiger partial charge in [0.2, 0.25) is 0 Å². The minimum atomic E-state index is -0.0433. The highest BCUT2D eigenvalue weighted by atomic mass is 32.2. The van der Waals surface area contributed by atoms with E-state index in [-0.39, 0.29) is 11.8 Å². The summed E-state index contributed by atoms with van der Waals surface area (Å²) in [5.41, 5.74) is 4.77. The Morgan fingerprint density at radius 3 is 2.62 bits per heavy atom. The number of fused-ring (bicyclic) bond motifs is 1. The Balaban J connectivity index is 1.20. The predicted octanol–water partition coefficient (Wildman–Crippen LogP) is 7.86. The first-order valence-electron chi connectivity index (χ1n) is 13.9. The minimum absolute atomic E-state index is 0.00637. The molecule has 1 aliphatic heterocycles. The van der Waals surface area contributed by atoms with E-state index in [0.29, 0.717) is 23.6 Å². The number of aryl methyl sites for hydroxylation is 1. The largest absolute Gasteiger partial charge is 0.352 e. The molecule has 0 spiro atoms. The number of nitrogens with one attached hydrogen (secondary N) is 1. The van der Waals surface area contributed by atoms with Crippen LogP contribution in [0.5, 0.6) is 0 Å². The smallest absolute Gasteiger partial charge is 0.265 e. The maximum Gasteiger partial charge on any atom is 0.265 e. The molecule has 0 radical (unpaired) electrons. The number of carbonyl (C=O) groups is 2. The number of carbonyl (C=O) groups excluding carboxylic acids is 2. The molecule has 6 heteroatoms. The number of para-hydroxylation sites is 1. The molecular formula is C33H36N2O2S2. The second-order valence-corrected chi connectivity index (χ2v) is 12.8. The molecule has 0 aromatic heterocycles. The summed E-state index contributed by atoms with van der Waals surface area (Å²) in [4.78, 5) is 29.8. The van der Waals surface area contributed by atoms with Crippen molar-refractivity contribution in [3.05, 3.63) is 100.0 Å². The Labute approximate surface area is 240 Å². The van der Waals surface area contributed by atoms with Crippen molar-refractivity contribution in [1.82, 2.24) is 5.32 Å². The molecule has 39 heavy (non-hydrogen) atoms. The Morgan fingerprint density at radius 1 is 1.03 bits per heavy atom. The molecule has 0 atom stereocenters. The first-order chi connectivity index (χ1) is 19.1. The van der Waals surface area contributed by atoms with Gasteiger partial charge in [0.1, 0.15) is 0 Å². The molecule has 1 N–H and O–H groups in total. The van der Waals surface area contributed by atoms with Crippen LogP contribution < -0.4 is 10.2 Å². The van der Waals surface area contributed by atoms with Crippen LogP contribution in [-0.4, -0.2) is 29.4 Å². The predicted molar refractivity (Wildman–Crippen MR) is 165 cm³/mol. The Bertz CT molecular complexity index is 1330. The number of rotatable bonds is 9. The lowest BCUT2D eigenvalue weighted by molar-refractivity contribution is -0.114. The third kappa shape index (κ3) is 7.37. The number of anilines is 1. The minimum Gasteiger partial charge on any atom is -0.352 e. The fourth-order valence-corrected chi connectivity index (χ4v) is 7.52. The van der Waals surface area contributed by atoms with Crippen molar-refractivity contribution in [3.8, 4) is 0 Å². The van der Waals surface area contributed by atoms with E-state index in [1.807, 2.05) is 59.5 Å². The highest BCUT2D eigenvalue weighted by Crippen LogP contribution is 2.42. The lowest BCUT2D eigenvalue weighted by atomic mass is 10.0. The Hall–Kier alpha value is -2.96. The van der Waals surface area contributed by atoms with Gasteiger partial charge in [-0.15, -0.1) is 0 Å². The van der Waals surface area contributed by atoms with Crippen molar-refractivity contribution < 1.29 is 9.59 Å². The molecule has 2 aliphatic rings. The molecule has 1 aliphatic carbocycles. The second-order valence-electron chi connectivity index (χ2n) is 10.3. The maximum absolute atomic E-state index is 13.6. The molecule has 5 rings (SSSR count). The second kappa shape index (κ2) is 13.4. The van der Waals surface area contributed by atoms with Crippen LogP contribution in [0.15, 0.2) is 82.6 Å². The zero-order valence-corrected chi connectivity index (χ0v) is 24.2. The third-order valence-corrected chi connectivity index (χ3v) is 9.78. The summed E-state index contributed by atoms with van der Waals surface area (Å²) in [5, 5.41) is 3.87. The van der Waals surface area contributed by atoms with Gasteiger partial charge < -0.3 is 10.2 Å². The molecule has 1 saturated carbocycles. The van der Waals surface area contributed by atoms with Gasteiger partial charge >= 0.3 is 0 Å². The number of thioether (sulfide) groups is 2. The molecule has 3 aromatic carbocycles. The molecule has 4 nitrogen and oxygen atoms in total. The average Bonchev–Trinajstić information content (AvgIpc) is 2.96. The van der Waals surface area contributed by atoms with Gasteiger partial charge in [-0.3, -0.25) is 9.59 Å². The highest BCUT2D eigenvalue weighted by molar-refractivity contribution is 8.04. The van der Waals surface area contributed by atoms with Gasteiger partial charge in [0, 0.05) is 22.3 Å². The lowest BCUT2D eigenvalue weighted by Gasteiger charge is -2.30. The summed E-state index contributed by atoms with van der Waals surface area (Å²) >= 11 is 3.57. The zero-order valence-electron chi connectivity index (χ0n) is 22.5. The number of amides is 2. The van der Waals surface area contributed by atoms with Gasteiger partial charge in [-0.1, -0.05) is 85.1 Å². The van der Waals surface area contributed by atoms with E-state index >= 15 is 0 Å². The summed E-state index contributed by atoms with van der Waals surface area (Å²) in [6.07, 6.45) is 9.74. The number of benzene rings is 3. The van der Waals surface area contributed by atoms with E-state index < -0.39 is 0 Å². The maximum atomic E-state index is 13.6. The summed E-state index contributed by atoms with van der Waals surface area (Å²) in [6.45, 7) is 3.29. The molecular weight excluding hydrogens is 521 g/mol. The quantitative estimate of drug-likeness (QED) is 0.215. The molecule has 2 amide bonds. The van der Waals surface area contributed by atoms with Crippen molar-refractivity contribution in [2.75, 3.05) is 17.2 Å². The third-order valence-electron chi connectivity index (χ3n) is 7.24. The van der Waals surface area contributed by atoms with Crippen LogP contribution in [0.4, 0.5) is 5.69 Å². The number of nitrogens with zero attached hydrogens (tertiary/aromatic N) is 1. The van der Waals surface area contributed by atoms with Gasteiger partial charge in [0.05, 0.1) is 17.1 Å². The van der Waals surface area contributed by atoms with Crippen LogP contribution in [0.1, 0.15) is 65.6 Å². The monoisotopic (exact) mass is 556 g/mol. The fraction of sp³-hybridized carbons (Fsp3) is 0.333. The van der Waals surface area contributed by atoms with Crippen LogP contribution in [0.25, 0.3) is 6.08 Å². The normalized spacial score (nSPS) is 16.8. The van der Waals surface area contributed by atoms with Crippen molar-refractivity contribution in [1.29, 1.82) is 0 Å². The summed E-state index contributed by atoms with van der Waals surface area (Å²) in [5.74, 6) is 1.05. The summed E-state index contributed by atoms with van der Waals surface area (Å²) in [7, 11) is 0. The van der Waals surface area contributed by atoms with Crippen molar-refractivity contribution in [2.45, 2.75) is 62.1 Å². The number of hydrogen-bond acceptors (Lipinski definition) is 4. The topological polar surface area (TPSA) is 49.4 Å². The first-order valence-corrected chi connectivity index (χ1v) is 15.8. The van der Waals surface area contributed by atoms with Gasteiger partial charge in [0.25, 0.3) is 11.8 Å². The molecule has 0 saturated heterocycles. The molecule has 0 bridgehead atoms. The highest BCUT2D eigenvalue weighted by Gasteiger charge is 2.29. The molecule has 1 heterocycles. The summed E-state index contributed by atoms with van der Waals surface area (Å²) < 4.78 is 0. The van der Waals surface area contributed by atoms with Gasteiger partial charge in [0.15, 0.2) is 0 Å². The molecule has 0 unspecified atom stereocenters. The Kier molecular flexibility index (Phi) is 9.49. The van der Waals surface area contributed by atoms with E-state index in [1.54, 1.807) is 0 Å². The first kappa shape index (κ1) is 27.6. The van der Waals surface area contributed by atoms with E-state index in [1.165, 1.54) is 49.4 Å². The van der Waals surface area contributed by atoms with Crippen LogP contribution >= 0.6 is 23.5 Å². The summed E-state index contributed by atoms with van der Waals surface area (Å²) in [6, 6.07) is 23.9. The van der Waals surface area contributed by atoms with E-state index in [2.05, 4.69) is 48.3 Å². The van der Waals surface area contributed by atoms with Crippen molar-refractivity contribution in [2.24, 2.45) is 0 Å². The van der Waals surface area contributed by atoms with Crippen LogP contribution in [0, 0.1) is 6.92 Å². The van der Waals surface area contributed by atoms with Crippen molar-refractivity contribution in [3.63, 3.8) is 0 Å². The average molecular weight is 557 g/mol. The van der Waals surface area contributed by atoms with E-state index in [4.69, 9.17) is 0 Å². The molecule has 1 fully saturated rings. The van der Waals surface area contributed by atoms with Crippen molar-refractivity contribution >= 4 is 47.1 Å². The van der Waals surface area contributed by atoms with Gasteiger partial charge in [-0.25, -0.2) is 0 Å². The lowest BCUT2D eigenvalue weighted by Crippen LogP contribution is -2.33. The standard InChI is InChI=1S/C33H36N2O2S2/c1-24-9-7-10-26(21-24)23-35-29-13-5-6-14-30(29)39-31(33(35)37)22-25-15-17-27(18-16-25)32(36)34-19-8-20-38-28-11-3-2-4-12-28/h5-7,9-10,13-18,21-22,28H,2-4,8,11-12,19-20,23H2,1H3,(H,34,36)/b31-22+. The fourth-order valence-electron chi connectivity index (χ4n) is 5.15. The van der Waals surface area contributed by atoms with E-state index in [9.17, 15) is 9.59 Å².